The van der Waals surface area contributed by atoms with Crippen LogP contribution in [0, 0.1) is 5.92 Å². The average Bonchev–Trinajstić information content (AvgIpc) is 2.78. The molecule has 1 N–H and O–H groups in total. The molecule has 1 unspecified atom stereocenters. The van der Waals surface area contributed by atoms with Crippen LogP contribution in [-0.4, -0.2) is 26.9 Å². The smallest absolute Gasteiger partial charge is 0.257 e. The third kappa shape index (κ3) is 4.08. The van der Waals surface area contributed by atoms with E-state index in [1.807, 2.05) is 19.1 Å². The van der Waals surface area contributed by atoms with Crippen LogP contribution in [-0.2, 0) is 16.0 Å². The van der Waals surface area contributed by atoms with E-state index in [0.717, 1.165) is 12.0 Å². The molecule has 6 heteroatoms. The van der Waals surface area contributed by atoms with Crippen molar-refractivity contribution in [3.05, 3.63) is 35.4 Å². The van der Waals surface area contributed by atoms with Crippen molar-refractivity contribution in [3.8, 4) is 0 Å². The third-order valence-electron chi connectivity index (χ3n) is 3.49. The summed E-state index contributed by atoms with van der Waals surface area (Å²) in [4.78, 5) is 23.9. The van der Waals surface area contributed by atoms with Gasteiger partial charge < -0.3 is 0 Å². The van der Waals surface area contributed by atoms with Gasteiger partial charge in [-0.25, -0.2) is 5.01 Å². The van der Waals surface area contributed by atoms with Crippen LogP contribution < -0.4 is 5.43 Å². The molecule has 4 nitrogen and oxygen atoms in total. The molecule has 0 aliphatic carbocycles. The molecule has 1 atom stereocenters. The summed E-state index contributed by atoms with van der Waals surface area (Å²) >= 11 is 6.31. The number of benzene rings is 1. The Morgan fingerprint density at radius 2 is 1.95 bits per heavy atom. The molecule has 0 saturated carbocycles. The molecular weight excluding hydrogens is 316 g/mol. The number of nitrogens with zero attached hydrogens (tertiary/aromatic N) is 1. The maximum atomic E-state index is 12.3. The lowest BCUT2D eigenvalue weighted by atomic mass is 9.96. The molecule has 2 amide bonds. The monoisotopic (exact) mass is 336 g/mol. The number of nitrogens with one attached hydrogen (secondary N) is 1. The molecule has 0 bridgehead atoms. The van der Waals surface area contributed by atoms with Gasteiger partial charge in [-0.2, -0.15) is 0 Å². The first-order chi connectivity index (χ1) is 10.4. The lowest BCUT2D eigenvalue weighted by Crippen LogP contribution is -2.46. The Labute approximate surface area is 140 Å². The topological polar surface area (TPSA) is 49.4 Å². The summed E-state index contributed by atoms with van der Waals surface area (Å²) < 4.78 is 0.401. The molecule has 1 fully saturated rings. The second-order valence-corrected chi connectivity index (χ2v) is 7.43. The molecule has 1 heterocycles. The van der Waals surface area contributed by atoms with E-state index in [2.05, 4.69) is 31.4 Å². The number of carbonyl (C=O) groups excluding carboxylic acids is 2. The summed E-state index contributed by atoms with van der Waals surface area (Å²) in [5.74, 6) is 0.149. The zero-order chi connectivity index (χ0) is 16.3. The van der Waals surface area contributed by atoms with E-state index in [4.69, 9.17) is 12.2 Å². The number of carbonyl (C=O) groups is 2. The second-order valence-electron chi connectivity index (χ2n) is 5.82. The molecule has 0 spiro atoms. The summed E-state index contributed by atoms with van der Waals surface area (Å²) in [6.45, 7) is 6.18. The van der Waals surface area contributed by atoms with Crippen molar-refractivity contribution in [2.24, 2.45) is 5.92 Å². The number of hydrazine groups is 1. The molecule has 22 heavy (non-hydrogen) atoms. The van der Waals surface area contributed by atoms with Crippen LogP contribution >= 0.6 is 24.0 Å². The highest BCUT2D eigenvalue weighted by molar-refractivity contribution is 8.23. The van der Waals surface area contributed by atoms with Gasteiger partial charge in [0, 0.05) is 0 Å². The van der Waals surface area contributed by atoms with Gasteiger partial charge in [-0.1, -0.05) is 62.1 Å². The Balaban J connectivity index is 2.01. The van der Waals surface area contributed by atoms with Crippen LogP contribution in [0.5, 0.6) is 0 Å². The molecule has 0 aromatic heterocycles. The molecule has 1 aromatic carbocycles. The van der Waals surface area contributed by atoms with E-state index in [9.17, 15) is 9.59 Å². The molecule has 1 saturated heterocycles. The number of rotatable bonds is 5. The van der Waals surface area contributed by atoms with Gasteiger partial charge >= 0.3 is 0 Å². The van der Waals surface area contributed by atoms with Crippen molar-refractivity contribution in [1.82, 2.24) is 10.4 Å². The summed E-state index contributed by atoms with van der Waals surface area (Å²) in [5.41, 5.74) is 4.80. The highest BCUT2D eigenvalue weighted by atomic mass is 32.2. The zero-order valence-corrected chi connectivity index (χ0v) is 14.6. The van der Waals surface area contributed by atoms with Gasteiger partial charge in [-0.05, 0) is 30.4 Å². The Kier molecular flexibility index (Phi) is 5.58. The SMILES string of the molecule is CC(C)Cc1ccc(C(C)C(=O)NN2C(=O)CSC2=S)cc1. The summed E-state index contributed by atoms with van der Waals surface area (Å²) in [6.07, 6.45) is 1.02. The van der Waals surface area contributed by atoms with Crippen LogP contribution in [0.4, 0.5) is 0 Å². The van der Waals surface area contributed by atoms with Crippen molar-refractivity contribution in [1.29, 1.82) is 0 Å². The van der Waals surface area contributed by atoms with Crippen molar-refractivity contribution in [2.75, 3.05) is 5.75 Å². The van der Waals surface area contributed by atoms with Gasteiger partial charge in [-0.3, -0.25) is 15.0 Å². The predicted octanol–water partition coefficient (Wildman–Crippen LogP) is 2.88. The first kappa shape index (κ1) is 17.0. The largest absolute Gasteiger partial charge is 0.273 e. The van der Waals surface area contributed by atoms with Crippen LogP contribution in [0.15, 0.2) is 24.3 Å². The highest BCUT2D eigenvalue weighted by Gasteiger charge is 2.29. The van der Waals surface area contributed by atoms with Gasteiger partial charge in [0.25, 0.3) is 5.91 Å². The average molecular weight is 336 g/mol. The van der Waals surface area contributed by atoms with Crippen LogP contribution in [0.1, 0.15) is 37.8 Å². The Morgan fingerprint density at radius 1 is 1.32 bits per heavy atom. The maximum Gasteiger partial charge on any atom is 0.257 e. The first-order valence-corrected chi connectivity index (χ1v) is 8.67. The molecule has 1 aliphatic heterocycles. The van der Waals surface area contributed by atoms with Gasteiger partial charge in [0.1, 0.15) is 0 Å². The summed E-state index contributed by atoms with van der Waals surface area (Å²) in [5, 5.41) is 1.17. The normalized spacial score (nSPS) is 16.3. The third-order valence-corrected chi connectivity index (χ3v) is 4.85. The van der Waals surface area contributed by atoms with Crippen molar-refractivity contribution >= 4 is 40.1 Å². The Morgan fingerprint density at radius 3 is 2.45 bits per heavy atom. The minimum atomic E-state index is -0.339. The quantitative estimate of drug-likeness (QED) is 0.840. The fourth-order valence-electron chi connectivity index (χ4n) is 2.23. The Bertz CT molecular complexity index is 568. The minimum absolute atomic E-state index is 0.178. The van der Waals surface area contributed by atoms with E-state index >= 15 is 0 Å². The second kappa shape index (κ2) is 7.24. The fourth-order valence-corrected chi connectivity index (χ4v) is 3.21. The lowest BCUT2D eigenvalue weighted by Gasteiger charge is -2.19. The van der Waals surface area contributed by atoms with Crippen LogP contribution in [0.3, 0.4) is 0 Å². The van der Waals surface area contributed by atoms with Gasteiger partial charge in [0.15, 0.2) is 4.32 Å². The fraction of sp³-hybridized carbons (Fsp3) is 0.438. The first-order valence-electron chi connectivity index (χ1n) is 7.27. The Hall–Kier alpha value is -1.40. The lowest BCUT2D eigenvalue weighted by molar-refractivity contribution is -0.134. The standard InChI is InChI=1S/C16H20N2O2S2/c1-10(2)8-12-4-6-13(7-5-12)11(3)15(20)17-18-14(19)9-22-16(18)21/h4-7,10-11H,8-9H2,1-3H3,(H,17,20). The van der Waals surface area contributed by atoms with E-state index in [0.29, 0.717) is 10.2 Å². The van der Waals surface area contributed by atoms with E-state index in [1.54, 1.807) is 0 Å². The number of thioether (sulfide) groups is 1. The summed E-state index contributed by atoms with van der Waals surface area (Å²) in [7, 11) is 0. The predicted molar refractivity (Wildman–Crippen MR) is 93.4 cm³/mol. The maximum absolute atomic E-state index is 12.3. The van der Waals surface area contributed by atoms with Crippen LogP contribution in [0.25, 0.3) is 0 Å². The molecule has 118 valence electrons. The van der Waals surface area contributed by atoms with Crippen LogP contribution in [0.2, 0.25) is 0 Å². The van der Waals surface area contributed by atoms with Crippen molar-refractivity contribution in [3.63, 3.8) is 0 Å². The highest BCUT2D eigenvalue weighted by Crippen LogP contribution is 2.20. The number of amides is 2. The molecule has 1 aliphatic rings. The number of hydrogen-bond donors (Lipinski definition) is 1. The van der Waals surface area contributed by atoms with Gasteiger partial charge in [-0.15, -0.1) is 0 Å². The zero-order valence-electron chi connectivity index (χ0n) is 13.0. The van der Waals surface area contributed by atoms with Crippen molar-refractivity contribution < 1.29 is 9.59 Å². The van der Waals surface area contributed by atoms with Gasteiger partial charge in [0.05, 0.1) is 11.7 Å². The number of thiocarbonyl (C=S) groups is 1. The van der Waals surface area contributed by atoms with Gasteiger partial charge in [0.2, 0.25) is 5.91 Å². The minimum Gasteiger partial charge on any atom is -0.273 e. The number of hydrogen-bond acceptors (Lipinski definition) is 4. The molecule has 2 rings (SSSR count). The summed E-state index contributed by atoms with van der Waals surface area (Å²) in [6, 6.07) is 8.06. The van der Waals surface area contributed by atoms with Crippen molar-refractivity contribution in [2.45, 2.75) is 33.1 Å². The van der Waals surface area contributed by atoms with E-state index in [1.165, 1.54) is 22.3 Å². The van der Waals surface area contributed by atoms with E-state index in [-0.39, 0.29) is 23.5 Å². The molecule has 0 radical (unpaired) electrons. The molecular formula is C16H20N2O2S2. The van der Waals surface area contributed by atoms with E-state index < -0.39 is 0 Å². The molecule has 1 aromatic rings.